The summed E-state index contributed by atoms with van der Waals surface area (Å²) in [4.78, 5) is 0. The van der Waals surface area contributed by atoms with Crippen LogP contribution in [0.3, 0.4) is 0 Å². The molecule has 3 aliphatic carbocycles. The number of rotatable bonds is 1. The molecule has 0 amide bonds. The highest BCUT2D eigenvalue weighted by Crippen LogP contribution is 2.62. The molecule has 1 N–H and O–H groups in total. The Labute approximate surface area is 122 Å². The third-order valence-electron chi connectivity index (χ3n) is 6.56. The first-order valence-electron chi connectivity index (χ1n) is 8.59. The Hall–Kier alpha value is -0.820. The molecule has 5 atom stereocenters. The van der Waals surface area contributed by atoms with E-state index in [9.17, 15) is 5.11 Å². The normalized spacial score (nSPS) is 43.9. The van der Waals surface area contributed by atoms with E-state index in [0.29, 0.717) is 11.8 Å². The van der Waals surface area contributed by atoms with Gasteiger partial charge in [0.2, 0.25) is 0 Å². The SMILES string of the molecule is OC1(c2ccccc2)[C@H]2CCCC[C@@H]2[C@@H]2CCCC[C@@H]21. The van der Waals surface area contributed by atoms with E-state index >= 15 is 0 Å². The van der Waals surface area contributed by atoms with Crippen LogP contribution in [-0.4, -0.2) is 5.11 Å². The molecule has 0 heterocycles. The van der Waals surface area contributed by atoms with Gasteiger partial charge in [0.1, 0.15) is 0 Å². The van der Waals surface area contributed by atoms with Crippen molar-refractivity contribution >= 4 is 0 Å². The summed E-state index contributed by atoms with van der Waals surface area (Å²) in [7, 11) is 0. The maximum absolute atomic E-state index is 11.8. The molecule has 0 saturated heterocycles. The van der Waals surface area contributed by atoms with Crippen molar-refractivity contribution in [2.75, 3.05) is 0 Å². The molecule has 0 aliphatic heterocycles. The van der Waals surface area contributed by atoms with Crippen molar-refractivity contribution in [3.05, 3.63) is 35.9 Å². The van der Waals surface area contributed by atoms with Gasteiger partial charge in [-0.1, -0.05) is 56.0 Å². The molecule has 1 heteroatoms. The summed E-state index contributed by atoms with van der Waals surface area (Å²) in [5.41, 5.74) is 0.670. The molecule has 20 heavy (non-hydrogen) atoms. The Morgan fingerprint density at radius 3 is 1.80 bits per heavy atom. The molecule has 0 bridgehead atoms. The second kappa shape index (κ2) is 4.87. The summed E-state index contributed by atoms with van der Waals surface area (Å²) in [5.74, 6) is 2.62. The summed E-state index contributed by atoms with van der Waals surface area (Å²) in [6, 6.07) is 10.6. The smallest absolute Gasteiger partial charge is 0.0958 e. The Bertz CT molecular complexity index is 444. The Balaban J connectivity index is 1.79. The fourth-order valence-electron chi connectivity index (χ4n) is 5.85. The van der Waals surface area contributed by atoms with E-state index in [4.69, 9.17) is 0 Å². The average Bonchev–Trinajstić information content (AvgIpc) is 2.80. The minimum Gasteiger partial charge on any atom is -0.385 e. The highest BCUT2D eigenvalue weighted by Gasteiger charge is 2.59. The van der Waals surface area contributed by atoms with Gasteiger partial charge in [-0.3, -0.25) is 0 Å². The topological polar surface area (TPSA) is 20.2 Å². The van der Waals surface area contributed by atoms with E-state index in [1.807, 2.05) is 0 Å². The van der Waals surface area contributed by atoms with E-state index in [1.165, 1.54) is 56.9 Å². The van der Waals surface area contributed by atoms with Gasteiger partial charge in [0, 0.05) is 0 Å². The highest BCUT2D eigenvalue weighted by atomic mass is 16.3. The molecule has 1 nitrogen and oxygen atoms in total. The average molecular weight is 270 g/mol. The number of benzene rings is 1. The largest absolute Gasteiger partial charge is 0.385 e. The zero-order chi connectivity index (χ0) is 13.6. The molecule has 1 aromatic carbocycles. The third-order valence-corrected chi connectivity index (χ3v) is 6.56. The first-order chi connectivity index (χ1) is 9.82. The maximum Gasteiger partial charge on any atom is 0.0958 e. The lowest BCUT2D eigenvalue weighted by Gasteiger charge is -2.39. The van der Waals surface area contributed by atoms with Crippen LogP contribution in [-0.2, 0) is 5.60 Å². The van der Waals surface area contributed by atoms with Crippen molar-refractivity contribution in [2.24, 2.45) is 23.7 Å². The highest BCUT2D eigenvalue weighted by molar-refractivity contribution is 5.28. The Morgan fingerprint density at radius 2 is 1.25 bits per heavy atom. The van der Waals surface area contributed by atoms with Crippen LogP contribution in [0.1, 0.15) is 56.9 Å². The monoisotopic (exact) mass is 270 g/mol. The van der Waals surface area contributed by atoms with Gasteiger partial charge >= 0.3 is 0 Å². The number of aliphatic hydroxyl groups is 1. The summed E-state index contributed by atoms with van der Waals surface area (Å²) in [6.07, 6.45) is 10.6. The molecule has 1 unspecified atom stereocenters. The second-order valence-corrected chi connectivity index (χ2v) is 7.30. The van der Waals surface area contributed by atoms with Crippen molar-refractivity contribution in [2.45, 2.75) is 57.0 Å². The molecule has 3 aliphatic rings. The lowest BCUT2D eigenvalue weighted by atomic mass is 9.71. The third kappa shape index (κ3) is 1.72. The van der Waals surface area contributed by atoms with Crippen molar-refractivity contribution in [3.8, 4) is 0 Å². The second-order valence-electron chi connectivity index (χ2n) is 7.30. The molecule has 4 rings (SSSR count). The predicted octanol–water partition coefficient (Wildman–Crippen LogP) is 4.50. The fraction of sp³-hybridized carbons (Fsp3) is 0.684. The summed E-state index contributed by atoms with van der Waals surface area (Å²) < 4.78 is 0. The Kier molecular flexibility index (Phi) is 3.14. The fourth-order valence-corrected chi connectivity index (χ4v) is 5.85. The van der Waals surface area contributed by atoms with Crippen LogP contribution in [0.15, 0.2) is 30.3 Å². The number of hydrogen-bond acceptors (Lipinski definition) is 1. The molecule has 0 radical (unpaired) electrons. The lowest BCUT2D eigenvalue weighted by Crippen LogP contribution is -2.39. The minimum absolute atomic E-state index is 0.520. The molecular weight excluding hydrogens is 244 g/mol. The van der Waals surface area contributed by atoms with E-state index in [0.717, 1.165) is 11.8 Å². The van der Waals surface area contributed by atoms with Gasteiger partial charge in [-0.15, -0.1) is 0 Å². The first-order valence-corrected chi connectivity index (χ1v) is 8.59. The van der Waals surface area contributed by atoms with E-state index in [2.05, 4.69) is 30.3 Å². The molecule has 0 spiro atoms. The van der Waals surface area contributed by atoms with Gasteiger partial charge < -0.3 is 5.11 Å². The van der Waals surface area contributed by atoms with Crippen LogP contribution in [0, 0.1) is 23.7 Å². The van der Waals surface area contributed by atoms with Crippen LogP contribution in [0.25, 0.3) is 0 Å². The molecule has 1 aromatic rings. The molecule has 3 saturated carbocycles. The van der Waals surface area contributed by atoms with Crippen molar-refractivity contribution < 1.29 is 5.11 Å². The van der Waals surface area contributed by atoms with Crippen LogP contribution < -0.4 is 0 Å². The standard InChI is InChI=1S/C19H26O/c20-19(14-8-2-1-3-9-14)17-12-6-4-10-15(17)16-11-5-7-13-18(16)19/h1-3,8-9,15-18,20H,4-7,10-13H2/t15-,16+,17-,18-,19?/m0/s1. The van der Waals surface area contributed by atoms with E-state index in [1.54, 1.807) is 0 Å². The van der Waals surface area contributed by atoms with Crippen molar-refractivity contribution in [1.82, 2.24) is 0 Å². The summed E-state index contributed by atoms with van der Waals surface area (Å²) in [6.45, 7) is 0. The zero-order valence-corrected chi connectivity index (χ0v) is 12.3. The first kappa shape index (κ1) is 12.9. The van der Waals surface area contributed by atoms with Gasteiger partial charge in [-0.2, -0.15) is 0 Å². The molecule has 0 aromatic heterocycles. The summed E-state index contributed by atoms with van der Waals surface area (Å²) in [5, 5.41) is 11.8. The lowest BCUT2D eigenvalue weighted by molar-refractivity contribution is -0.0650. The van der Waals surface area contributed by atoms with E-state index < -0.39 is 5.60 Å². The number of hydrogen-bond donors (Lipinski definition) is 1. The number of fused-ring (bicyclic) bond motifs is 3. The van der Waals surface area contributed by atoms with Gasteiger partial charge in [-0.05, 0) is 54.9 Å². The molecule has 108 valence electrons. The predicted molar refractivity (Wildman–Crippen MR) is 81.2 cm³/mol. The van der Waals surface area contributed by atoms with Gasteiger partial charge in [0.05, 0.1) is 5.60 Å². The quantitative estimate of drug-likeness (QED) is 0.796. The summed E-state index contributed by atoms with van der Waals surface area (Å²) >= 11 is 0. The van der Waals surface area contributed by atoms with Gasteiger partial charge in [-0.25, -0.2) is 0 Å². The van der Waals surface area contributed by atoms with Crippen LogP contribution in [0.4, 0.5) is 0 Å². The van der Waals surface area contributed by atoms with E-state index in [-0.39, 0.29) is 0 Å². The maximum atomic E-state index is 11.8. The van der Waals surface area contributed by atoms with Crippen LogP contribution in [0.5, 0.6) is 0 Å². The Morgan fingerprint density at radius 1 is 0.750 bits per heavy atom. The molecule has 3 fully saturated rings. The van der Waals surface area contributed by atoms with Crippen LogP contribution >= 0.6 is 0 Å². The molecular formula is C19H26O. The van der Waals surface area contributed by atoms with Crippen molar-refractivity contribution in [1.29, 1.82) is 0 Å². The zero-order valence-electron chi connectivity index (χ0n) is 12.3. The minimum atomic E-state index is -0.530. The van der Waals surface area contributed by atoms with Crippen molar-refractivity contribution in [3.63, 3.8) is 0 Å². The van der Waals surface area contributed by atoms with Crippen LogP contribution in [0.2, 0.25) is 0 Å². The van der Waals surface area contributed by atoms with Gasteiger partial charge in [0.25, 0.3) is 0 Å². The van der Waals surface area contributed by atoms with Gasteiger partial charge in [0.15, 0.2) is 0 Å².